The fraction of sp³-hybridized carbons (Fsp3) is 0.333. The Kier molecular flexibility index (Phi) is 3.58. The molecule has 0 saturated carbocycles. The van der Waals surface area contributed by atoms with Gasteiger partial charge >= 0.3 is 0 Å². The van der Waals surface area contributed by atoms with E-state index < -0.39 is 0 Å². The molecular weight excluding hydrogens is 244 g/mol. The van der Waals surface area contributed by atoms with Crippen LogP contribution in [0.15, 0.2) is 11.6 Å². The van der Waals surface area contributed by atoms with Crippen LogP contribution in [-0.2, 0) is 6.54 Å². The van der Waals surface area contributed by atoms with Gasteiger partial charge in [-0.25, -0.2) is 4.98 Å². The maximum Gasteiger partial charge on any atom is 0.197 e. The van der Waals surface area contributed by atoms with Gasteiger partial charge in [-0.3, -0.25) is 0 Å². The van der Waals surface area contributed by atoms with E-state index in [4.69, 9.17) is 10.5 Å². The first kappa shape index (κ1) is 11.2. The Bertz CT molecular complexity index is 440. The second kappa shape index (κ2) is 5.13. The number of ether oxygens (including phenoxy) is 1. The standard InChI is InChI=1S/C9H12N4OS2/c1-2-14-7-8(10)13-16-9(7)12-5-6-11-3-4-15-6/h3-4,12H,2,5H2,1H3,(H2,10,13). The number of hydrogen-bond donors (Lipinski definition) is 2. The van der Waals surface area contributed by atoms with Gasteiger partial charge in [0.2, 0.25) is 0 Å². The molecule has 7 heteroatoms. The molecule has 0 saturated heterocycles. The van der Waals surface area contributed by atoms with Crippen LogP contribution in [0.4, 0.5) is 10.8 Å². The van der Waals surface area contributed by atoms with Crippen molar-refractivity contribution >= 4 is 33.7 Å². The monoisotopic (exact) mass is 256 g/mol. The topological polar surface area (TPSA) is 73.1 Å². The molecule has 0 unspecified atom stereocenters. The van der Waals surface area contributed by atoms with Gasteiger partial charge in [-0.05, 0) is 18.5 Å². The summed E-state index contributed by atoms with van der Waals surface area (Å²) >= 11 is 2.91. The molecular formula is C9H12N4OS2. The van der Waals surface area contributed by atoms with Crippen molar-refractivity contribution < 1.29 is 4.74 Å². The summed E-state index contributed by atoms with van der Waals surface area (Å²) in [4.78, 5) is 4.18. The number of nitrogens with one attached hydrogen (secondary N) is 1. The highest BCUT2D eigenvalue weighted by Crippen LogP contribution is 2.35. The van der Waals surface area contributed by atoms with E-state index in [-0.39, 0.29) is 0 Å². The van der Waals surface area contributed by atoms with Crippen LogP contribution < -0.4 is 15.8 Å². The maximum absolute atomic E-state index is 5.70. The largest absolute Gasteiger partial charge is 0.487 e. The van der Waals surface area contributed by atoms with Crippen LogP contribution in [0.3, 0.4) is 0 Å². The average molecular weight is 256 g/mol. The molecule has 0 atom stereocenters. The van der Waals surface area contributed by atoms with Crippen molar-refractivity contribution in [1.82, 2.24) is 9.36 Å². The summed E-state index contributed by atoms with van der Waals surface area (Å²) in [6, 6.07) is 0. The Morgan fingerprint density at radius 2 is 2.44 bits per heavy atom. The second-order valence-electron chi connectivity index (χ2n) is 2.94. The number of nitrogens with two attached hydrogens (primary N) is 1. The third-order valence-electron chi connectivity index (χ3n) is 1.85. The highest BCUT2D eigenvalue weighted by atomic mass is 32.1. The van der Waals surface area contributed by atoms with Crippen molar-refractivity contribution in [2.75, 3.05) is 17.7 Å². The zero-order chi connectivity index (χ0) is 11.4. The van der Waals surface area contributed by atoms with E-state index in [1.165, 1.54) is 11.5 Å². The molecule has 3 N–H and O–H groups in total. The Balaban J connectivity index is 2.03. The summed E-state index contributed by atoms with van der Waals surface area (Å²) < 4.78 is 9.47. The number of rotatable bonds is 5. The van der Waals surface area contributed by atoms with E-state index in [2.05, 4.69) is 14.7 Å². The number of aromatic nitrogens is 2. The van der Waals surface area contributed by atoms with E-state index in [1.807, 2.05) is 12.3 Å². The van der Waals surface area contributed by atoms with Crippen LogP contribution in [0.2, 0.25) is 0 Å². The molecule has 2 aromatic heterocycles. The van der Waals surface area contributed by atoms with Gasteiger partial charge in [-0.1, -0.05) is 0 Å². The molecule has 0 spiro atoms. The zero-order valence-electron chi connectivity index (χ0n) is 8.77. The second-order valence-corrected chi connectivity index (χ2v) is 4.69. The van der Waals surface area contributed by atoms with Gasteiger partial charge in [-0.2, -0.15) is 4.37 Å². The molecule has 0 radical (unpaired) electrons. The third kappa shape index (κ3) is 2.42. The van der Waals surface area contributed by atoms with Crippen LogP contribution in [0.1, 0.15) is 11.9 Å². The minimum atomic E-state index is 0.438. The molecule has 0 aliphatic rings. The summed E-state index contributed by atoms with van der Waals surface area (Å²) in [7, 11) is 0. The first-order chi connectivity index (χ1) is 7.81. The molecule has 16 heavy (non-hydrogen) atoms. The average Bonchev–Trinajstić information content (AvgIpc) is 2.89. The van der Waals surface area contributed by atoms with Crippen LogP contribution >= 0.6 is 22.9 Å². The Morgan fingerprint density at radius 3 is 3.12 bits per heavy atom. The van der Waals surface area contributed by atoms with Crippen LogP contribution in [-0.4, -0.2) is 16.0 Å². The van der Waals surface area contributed by atoms with Crippen molar-refractivity contribution in [3.8, 4) is 5.75 Å². The van der Waals surface area contributed by atoms with Crippen LogP contribution in [0.5, 0.6) is 5.75 Å². The van der Waals surface area contributed by atoms with E-state index in [9.17, 15) is 0 Å². The predicted octanol–water partition coefficient (Wildman–Crippen LogP) is 2.19. The quantitative estimate of drug-likeness (QED) is 0.858. The van der Waals surface area contributed by atoms with Crippen LogP contribution in [0.25, 0.3) is 0 Å². The highest BCUT2D eigenvalue weighted by Gasteiger charge is 2.12. The highest BCUT2D eigenvalue weighted by molar-refractivity contribution is 7.11. The predicted molar refractivity (Wildman–Crippen MR) is 67.1 cm³/mol. The minimum Gasteiger partial charge on any atom is -0.487 e. The Hall–Kier alpha value is -1.34. The number of nitrogen functional groups attached to an aromatic ring is 1. The SMILES string of the molecule is CCOc1c(N)nsc1NCc1nccs1. The Labute approximate surface area is 101 Å². The molecule has 2 rings (SSSR count). The molecule has 0 fully saturated rings. The van der Waals surface area contributed by atoms with Crippen molar-refractivity contribution in [3.63, 3.8) is 0 Å². The summed E-state index contributed by atoms with van der Waals surface area (Å²) in [5.74, 6) is 1.08. The molecule has 0 aliphatic heterocycles. The normalized spacial score (nSPS) is 10.3. The van der Waals surface area contributed by atoms with Crippen molar-refractivity contribution in [2.24, 2.45) is 0 Å². The molecule has 86 valence electrons. The van der Waals surface area contributed by atoms with Gasteiger partial charge in [0.05, 0.1) is 13.2 Å². The van der Waals surface area contributed by atoms with Crippen molar-refractivity contribution in [2.45, 2.75) is 13.5 Å². The van der Waals surface area contributed by atoms with Crippen molar-refractivity contribution in [3.05, 3.63) is 16.6 Å². The fourth-order valence-electron chi connectivity index (χ4n) is 1.19. The summed E-state index contributed by atoms with van der Waals surface area (Å²) in [6.45, 7) is 3.16. The number of anilines is 2. The summed E-state index contributed by atoms with van der Waals surface area (Å²) in [5.41, 5.74) is 5.70. The molecule has 2 heterocycles. The van der Waals surface area contributed by atoms with Gasteiger partial charge < -0.3 is 15.8 Å². The molecule has 0 aromatic carbocycles. The van der Waals surface area contributed by atoms with Gasteiger partial charge in [-0.15, -0.1) is 11.3 Å². The van der Waals surface area contributed by atoms with E-state index in [0.717, 1.165) is 10.0 Å². The van der Waals surface area contributed by atoms with E-state index in [1.54, 1.807) is 17.5 Å². The molecule has 2 aromatic rings. The number of thiazole rings is 1. The maximum atomic E-state index is 5.70. The molecule has 5 nitrogen and oxygen atoms in total. The fourth-order valence-corrected chi connectivity index (χ4v) is 2.40. The van der Waals surface area contributed by atoms with Gasteiger partial charge in [0.1, 0.15) is 5.01 Å². The lowest BCUT2D eigenvalue weighted by atomic mass is 10.5. The van der Waals surface area contributed by atoms with Crippen molar-refractivity contribution in [1.29, 1.82) is 0 Å². The lowest BCUT2D eigenvalue weighted by Crippen LogP contribution is -2.01. The lowest BCUT2D eigenvalue weighted by molar-refractivity contribution is 0.344. The summed E-state index contributed by atoms with van der Waals surface area (Å²) in [6.07, 6.45) is 1.78. The summed E-state index contributed by atoms with van der Waals surface area (Å²) in [5, 5.41) is 7.04. The first-order valence-corrected chi connectivity index (χ1v) is 6.46. The Morgan fingerprint density at radius 1 is 1.56 bits per heavy atom. The van der Waals surface area contributed by atoms with Gasteiger partial charge in [0.15, 0.2) is 16.6 Å². The third-order valence-corrected chi connectivity index (χ3v) is 3.43. The zero-order valence-corrected chi connectivity index (χ0v) is 10.4. The molecule has 0 aliphatic carbocycles. The number of hydrogen-bond acceptors (Lipinski definition) is 7. The van der Waals surface area contributed by atoms with Gasteiger partial charge in [0, 0.05) is 11.6 Å². The van der Waals surface area contributed by atoms with E-state index in [0.29, 0.717) is 24.7 Å². The van der Waals surface area contributed by atoms with Crippen LogP contribution in [0, 0.1) is 0 Å². The molecule has 0 amide bonds. The minimum absolute atomic E-state index is 0.438. The smallest absolute Gasteiger partial charge is 0.197 e. The first-order valence-electron chi connectivity index (χ1n) is 4.81. The van der Waals surface area contributed by atoms with E-state index >= 15 is 0 Å². The lowest BCUT2D eigenvalue weighted by Gasteiger charge is -2.05. The molecule has 0 bridgehead atoms. The van der Waals surface area contributed by atoms with Gasteiger partial charge in [0.25, 0.3) is 0 Å². The number of nitrogens with zero attached hydrogens (tertiary/aromatic N) is 2.